The van der Waals surface area contributed by atoms with E-state index < -0.39 is 22.0 Å². The van der Waals surface area contributed by atoms with Gasteiger partial charge in [-0.1, -0.05) is 47.0 Å². The molecule has 0 saturated carbocycles. The van der Waals surface area contributed by atoms with Crippen LogP contribution < -0.4 is 0 Å². The number of aryl methyl sites for hydroxylation is 1. The van der Waals surface area contributed by atoms with E-state index in [-0.39, 0.29) is 18.1 Å². The lowest BCUT2D eigenvalue weighted by molar-refractivity contribution is -0.164. The highest BCUT2D eigenvalue weighted by Crippen LogP contribution is 2.38. The molecule has 2 aromatic carbocycles. The van der Waals surface area contributed by atoms with Crippen LogP contribution in [0.5, 0.6) is 0 Å². The molecule has 1 saturated heterocycles. The largest absolute Gasteiger partial charge is 0.343 e. The Balaban J connectivity index is 1.66. The van der Waals surface area contributed by atoms with E-state index in [1.165, 1.54) is 12.1 Å². The van der Waals surface area contributed by atoms with Crippen molar-refractivity contribution in [2.45, 2.75) is 30.6 Å². The van der Waals surface area contributed by atoms with Gasteiger partial charge in [0.25, 0.3) is 10.1 Å². The monoisotopic (exact) mass is 416 g/mol. The van der Waals surface area contributed by atoms with Crippen molar-refractivity contribution in [1.29, 1.82) is 0 Å². The lowest BCUT2D eigenvalue weighted by Gasteiger charge is -2.25. The van der Waals surface area contributed by atoms with E-state index in [0.717, 1.165) is 5.56 Å². The SMILES string of the molecule is Cc1ccc(S(=O)(=O)OC[C@@H]2CO[C@@](C)(c3ccc(Cl)cc3Cl)O2)cc1. The van der Waals surface area contributed by atoms with Gasteiger partial charge in [0.15, 0.2) is 5.79 Å². The first-order chi connectivity index (χ1) is 12.2. The van der Waals surface area contributed by atoms with Gasteiger partial charge in [-0.15, -0.1) is 0 Å². The normalized spacial score (nSPS) is 23.3. The fourth-order valence-electron chi connectivity index (χ4n) is 2.66. The molecule has 26 heavy (non-hydrogen) atoms. The Kier molecular flexibility index (Phi) is 5.63. The van der Waals surface area contributed by atoms with Crippen molar-refractivity contribution in [3.63, 3.8) is 0 Å². The third kappa shape index (κ3) is 4.22. The molecule has 140 valence electrons. The van der Waals surface area contributed by atoms with Gasteiger partial charge >= 0.3 is 0 Å². The van der Waals surface area contributed by atoms with E-state index in [1.54, 1.807) is 37.3 Å². The van der Waals surface area contributed by atoms with Crippen LogP contribution in [-0.4, -0.2) is 27.7 Å². The molecule has 1 heterocycles. The van der Waals surface area contributed by atoms with Crippen LogP contribution in [0, 0.1) is 6.92 Å². The molecule has 0 unspecified atom stereocenters. The molecule has 1 aliphatic heterocycles. The second-order valence-electron chi connectivity index (χ2n) is 6.17. The number of benzene rings is 2. The van der Waals surface area contributed by atoms with Crippen LogP contribution in [0.3, 0.4) is 0 Å². The van der Waals surface area contributed by atoms with Gasteiger partial charge in [-0.25, -0.2) is 0 Å². The molecule has 2 atom stereocenters. The zero-order valence-corrected chi connectivity index (χ0v) is 16.6. The molecule has 0 radical (unpaired) electrons. The zero-order valence-electron chi connectivity index (χ0n) is 14.2. The topological polar surface area (TPSA) is 61.8 Å². The van der Waals surface area contributed by atoms with Crippen molar-refractivity contribution in [3.8, 4) is 0 Å². The quantitative estimate of drug-likeness (QED) is 0.679. The van der Waals surface area contributed by atoms with Crippen molar-refractivity contribution in [2.24, 2.45) is 0 Å². The first-order valence-electron chi connectivity index (χ1n) is 7.93. The number of ether oxygens (including phenoxy) is 2. The second-order valence-corrected chi connectivity index (χ2v) is 8.63. The number of hydrogen-bond acceptors (Lipinski definition) is 5. The predicted octanol–water partition coefficient (Wildman–Crippen LogP) is 4.30. The molecule has 0 N–H and O–H groups in total. The second kappa shape index (κ2) is 7.46. The fraction of sp³-hybridized carbons (Fsp3) is 0.333. The van der Waals surface area contributed by atoms with E-state index >= 15 is 0 Å². The van der Waals surface area contributed by atoms with E-state index in [9.17, 15) is 8.42 Å². The van der Waals surface area contributed by atoms with E-state index in [2.05, 4.69) is 0 Å². The van der Waals surface area contributed by atoms with E-state index in [4.69, 9.17) is 36.9 Å². The van der Waals surface area contributed by atoms with Crippen LogP contribution in [0.25, 0.3) is 0 Å². The molecule has 1 aliphatic rings. The maximum Gasteiger partial charge on any atom is 0.297 e. The van der Waals surface area contributed by atoms with Crippen LogP contribution >= 0.6 is 23.2 Å². The summed E-state index contributed by atoms with van der Waals surface area (Å²) in [6.45, 7) is 3.62. The van der Waals surface area contributed by atoms with Gasteiger partial charge in [-0.05, 0) is 38.1 Å². The predicted molar refractivity (Wildman–Crippen MR) is 99.0 cm³/mol. The Morgan fingerprint density at radius 3 is 2.54 bits per heavy atom. The van der Waals surface area contributed by atoms with Gasteiger partial charge in [-0.3, -0.25) is 4.18 Å². The summed E-state index contributed by atoms with van der Waals surface area (Å²) < 4.78 is 41.3. The standard InChI is InChI=1S/C18H18Cl2O5S/c1-12-3-6-15(7-4-12)26(21,22)24-11-14-10-23-18(2,25-14)16-8-5-13(19)9-17(16)20/h3-9,14H,10-11H2,1-2H3/t14-,18+/m0/s1. The van der Waals surface area contributed by atoms with Gasteiger partial charge in [0.05, 0.1) is 23.1 Å². The number of halogens is 2. The molecule has 0 amide bonds. The third-order valence-electron chi connectivity index (χ3n) is 4.08. The van der Waals surface area contributed by atoms with Crippen molar-refractivity contribution in [1.82, 2.24) is 0 Å². The number of rotatable bonds is 5. The van der Waals surface area contributed by atoms with Gasteiger partial charge in [0.1, 0.15) is 6.10 Å². The summed E-state index contributed by atoms with van der Waals surface area (Å²) in [5.74, 6) is -1.09. The minimum absolute atomic E-state index is 0.102. The van der Waals surface area contributed by atoms with Gasteiger partial charge in [0, 0.05) is 10.6 Å². The molecular formula is C18H18Cl2O5S. The Morgan fingerprint density at radius 2 is 1.88 bits per heavy atom. The minimum atomic E-state index is -3.86. The molecular weight excluding hydrogens is 399 g/mol. The zero-order chi connectivity index (χ0) is 18.9. The lowest BCUT2D eigenvalue weighted by atomic mass is 10.1. The summed E-state index contributed by atoms with van der Waals surface area (Å²) in [5, 5.41) is 0.915. The van der Waals surface area contributed by atoms with Gasteiger partial charge in [-0.2, -0.15) is 8.42 Å². The van der Waals surface area contributed by atoms with Crippen LogP contribution in [-0.2, 0) is 29.6 Å². The first kappa shape index (κ1) is 19.6. The lowest BCUT2D eigenvalue weighted by Crippen LogP contribution is -2.26. The highest BCUT2D eigenvalue weighted by molar-refractivity contribution is 7.86. The molecule has 0 bridgehead atoms. The summed E-state index contributed by atoms with van der Waals surface area (Å²) >= 11 is 12.1. The Labute approximate surface area is 162 Å². The molecule has 8 heteroatoms. The molecule has 5 nitrogen and oxygen atoms in total. The van der Waals surface area contributed by atoms with Crippen LogP contribution in [0.15, 0.2) is 47.4 Å². The third-order valence-corrected chi connectivity index (χ3v) is 5.92. The average molecular weight is 417 g/mol. The summed E-state index contributed by atoms with van der Waals surface area (Å²) in [4.78, 5) is 0.102. The summed E-state index contributed by atoms with van der Waals surface area (Å²) in [7, 11) is -3.86. The van der Waals surface area contributed by atoms with Gasteiger partial charge in [0.2, 0.25) is 0 Å². The maximum atomic E-state index is 12.3. The van der Waals surface area contributed by atoms with Crippen molar-refractivity contribution < 1.29 is 22.1 Å². The Hall–Kier alpha value is -1.15. The molecule has 2 aromatic rings. The minimum Gasteiger partial charge on any atom is -0.343 e. The summed E-state index contributed by atoms with van der Waals surface area (Å²) in [5.41, 5.74) is 1.58. The molecule has 0 spiro atoms. The van der Waals surface area contributed by atoms with Crippen LogP contribution in [0.2, 0.25) is 10.0 Å². The molecule has 0 aromatic heterocycles. The van der Waals surface area contributed by atoms with Crippen LogP contribution in [0.1, 0.15) is 18.1 Å². The smallest absolute Gasteiger partial charge is 0.297 e. The summed E-state index contributed by atoms with van der Waals surface area (Å²) in [6.07, 6.45) is -0.549. The van der Waals surface area contributed by atoms with Crippen molar-refractivity contribution in [2.75, 3.05) is 13.2 Å². The molecule has 3 rings (SSSR count). The highest BCUT2D eigenvalue weighted by Gasteiger charge is 2.41. The summed E-state index contributed by atoms with van der Waals surface area (Å²) in [6, 6.07) is 11.4. The Morgan fingerprint density at radius 1 is 1.19 bits per heavy atom. The molecule has 1 fully saturated rings. The van der Waals surface area contributed by atoms with Crippen molar-refractivity contribution in [3.05, 3.63) is 63.6 Å². The maximum absolute atomic E-state index is 12.3. The van der Waals surface area contributed by atoms with E-state index in [0.29, 0.717) is 15.6 Å². The van der Waals surface area contributed by atoms with Crippen molar-refractivity contribution >= 4 is 33.3 Å². The highest BCUT2D eigenvalue weighted by atomic mass is 35.5. The van der Waals surface area contributed by atoms with Gasteiger partial charge < -0.3 is 9.47 Å². The number of hydrogen-bond donors (Lipinski definition) is 0. The fourth-order valence-corrected chi connectivity index (χ4v) is 4.17. The molecule has 0 aliphatic carbocycles. The first-order valence-corrected chi connectivity index (χ1v) is 10.1. The Bertz CT molecular complexity index is 898. The average Bonchev–Trinajstić information content (AvgIpc) is 2.96. The van der Waals surface area contributed by atoms with Crippen LogP contribution in [0.4, 0.5) is 0 Å². The van der Waals surface area contributed by atoms with E-state index in [1.807, 2.05) is 6.92 Å².